The molecule has 0 saturated carbocycles. The van der Waals surface area contributed by atoms with Crippen LogP contribution < -0.4 is 10.1 Å². The van der Waals surface area contributed by atoms with Gasteiger partial charge in [0.1, 0.15) is 23.1 Å². The summed E-state index contributed by atoms with van der Waals surface area (Å²) < 4.78 is 6.79. The Morgan fingerprint density at radius 3 is 2.44 bits per heavy atom. The zero-order valence-electron chi connectivity index (χ0n) is 14.2. The highest BCUT2D eigenvalue weighted by molar-refractivity contribution is 14.1. The van der Waals surface area contributed by atoms with Crippen LogP contribution in [0.5, 0.6) is 11.5 Å². The van der Waals surface area contributed by atoms with E-state index in [1.54, 1.807) is 18.2 Å². The minimum Gasteiger partial charge on any atom is -0.457 e. The number of hydrogen-bond acceptors (Lipinski definition) is 3. The van der Waals surface area contributed by atoms with Crippen LogP contribution in [0.15, 0.2) is 84.4 Å². The number of para-hydroxylation sites is 1. The van der Waals surface area contributed by atoms with Crippen molar-refractivity contribution >= 4 is 40.3 Å². The van der Waals surface area contributed by atoms with Gasteiger partial charge in [-0.2, -0.15) is 5.26 Å². The molecule has 0 heterocycles. The minimum absolute atomic E-state index is 0.0192. The second-order valence-corrected chi connectivity index (χ2v) is 6.87. The summed E-state index contributed by atoms with van der Waals surface area (Å²) in [5.41, 5.74) is 1.37. The molecule has 5 heteroatoms. The molecular weight excluding hydrogens is 451 g/mol. The zero-order chi connectivity index (χ0) is 19.1. The third-order valence-electron chi connectivity index (χ3n) is 3.60. The van der Waals surface area contributed by atoms with Gasteiger partial charge in [-0.25, -0.2) is 0 Å². The molecule has 0 spiro atoms. The Balaban J connectivity index is 1.78. The standard InChI is InChI=1S/C22H15IN2O2/c23-18-7-5-8-19(14-18)25-22(26)17(15-24)12-16-6-4-11-21(13-16)27-20-9-2-1-3-10-20/h1-14H,(H,25,26)/b17-12+. The van der Waals surface area contributed by atoms with Crippen molar-refractivity contribution in [1.29, 1.82) is 5.26 Å². The maximum atomic E-state index is 12.4. The number of anilines is 1. The van der Waals surface area contributed by atoms with Crippen molar-refractivity contribution in [2.24, 2.45) is 0 Å². The van der Waals surface area contributed by atoms with Gasteiger partial charge in [-0.05, 0) is 76.7 Å². The van der Waals surface area contributed by atoms with Gasteiger partial charge in [-0.3, -0.25) is 4.79 Å². The maximum absolute atomic E-state index is 12.4. The molecule has 0 aliphatic heterocycles. The highest BCUT2D eigenvalue weighted by Crippen LogP contribution is 2.23. The van der Waals surface area contributed by atoms with Crippen LogP contribution in [0.25, 0.3) is 6.08 Å². The monoisotopic (exact) mass is 466 g/mol. The quantitative estimate of drug-likeness (QED) is 0.301. The van der Waals surface area contributed by atoms with Gasteiger partial charge in [-0.15, -0.1) is 0 Å². The first-order valence-corrected chi connectivity index (χ1v) is 9.23. The first kappa shape index (κ1) is 18.7. The van der Waals surface area contributed by atoms with Gasteiger partial charge in [0, 0.05) is 9.26 Å². The van der Waals surface area contributed by atoms with Crippen molar-refractivity contribution in [2.45, 2.75) is 0 Å². The van der Waals surface area contributed by atoms with E-state index in [1.165, 1.54) is 0 Å². The Labute approximate surface area is 171 Å². The van der Waals surface area contributed by atoms with Crippen LogP contribution in [0.1, 0.15) is 5.56 Å². The summed E-state index contributed by atoms with van der Waals surface area (Å²) in [6.07, 6.45) is 1.54. The number of hydrogen-bond donors (Lipinski definition) is 1. The fraction of sp³-hybridized carbons (Fsp3) is 0. The van der Waals surface area contributed by atoms with E-state index >= 15 is 0 Å². The predicted octanol–water partition coefficient (Wildman–Crippen LogP) is 5.63. The number of benzene rings is 3. The Morgan fingerprint density at radius 1 is 0.963 bits per heavy atom. The molecule has 3 rings (SSSR count). The van der Waals surface area contributed by atoms with Crippen molar-refractivity contribution in [2.75, 3.05) is 5.32 Å². The number of rotatable bonds is 5. The summed E-state index contributed by atoms with van der Waals surface area (Å²) in [6, 6.07) is 26.0. The lowest BCUT2D eigenvalue weighted by Crippen LogP contribution is -2.13. The van der Waals surface area contributed by atoms with E-state index in [1.807, 2.05) is 72.8 Å². The molecule has 132 valence electrons. The molecule has 0 aliphatic rings. The number of carbonyl (C=O) groups is 1. The summed E-state index contributed by atoms with van der Waals surface area (Å²) >= 11 is 2.17. The number of nitrogens with one attached hydrogen (secondary N) is 1. The SMILES string of the molecule is N#C/C(=C\c1cccc(Oc2ccccc2)c1)C(=O)Nc1cccc(I)c1. The first-order chi connectivity index (χ1) is 13.1. The van der Waals surface area contributed by atoms with E-state index in [0.29, 0.717) is 17.0 Å². The van der Waals surface area contributed by atoms with Gasteiger partial charge in [0.25, 0.3) is 5.91 Å². The highest BCUT2D eigenvalue weighted by Gasteiger charge is 2.10. The van der Waals surface area contributed by atoms with Crippen molar-refractivity contribution < 1.29 is 9.53 Å². The van der Waals surface area contributed by atoms with Gasteiger partial charge in [0.15, 0.2) is 0 Å². The number of nitrogens with zero attached hydrogens (tertiary/aromatic N) is 1. The van der Waals surface area contributed by atoms with Crippen LogP contribution in [-0.2, 0) is 4.79 Å². The number of carbonyl (C=O) groups excluding carboxylic acids is 1. The molecule has 3 aromatic carbocycles. The lowest BCUT2D eigenvalue weighted by molar-refractivity contribution is -0.112. The smallest absolute Gasteiger partial charge is 0.266 e. The Kier molecular flexibility index (Phi) is 6.23. The molecule has 4 nitrogen and oxygen atoms in total. The van der Waals surface area contributed by atoms with Gasteiger partial charge in [-0.1, -0.05) is 36.4 Å². The molecule has 0 aliphatic carbocycles. The van der Waals surface area contributed by atoms with Crippen molar-refractivity contribution in [3.8, 4) is 17.6 Å². The molecule has 1 N–H and O–H groups in total. The molecule has 0 bridgehead atoms. The summed E-state index contributed by atoms with van der Waals surface area (Å²) in [5, 5.41) is 12.1. The number of nitriles is 1. The van der Waals surface area contributed by atoms with Crippen LogP contribution in [0, 0.1) is 14.9 Å². The summed E-state index contributed by atoms with van der Waals surface area (Å²) in [4.78, 5) is 12.4. The molecule has 0 fully saturated rings. The van der Waals surface area contributed by atoms with Crippen LogP contribution >= 0.6 is 22.6 Å². The minimum atomic E-state index is -0.450. The second-order valence-electron chi connectivity index (χ2n) is 5.62. The lowest BCUT2D eigenvalue weighted by atomic mass is 10.1. The van der Waals surface area contributed by atoms with Crippen molar-refractivity contribution in [3.05, 3.63) is 93.6 Å². The number of halogens is 1. The van der Waals surface area contributed by atoms with Crippen LogP contribution in [0.3, 0.4) is 0 Å². The van der Waals surface area contributed by atoms with E-state index in [9.17, 15) is 10.1 Å². The molecule has 3 aromatic rings. The molecular formula is C22H15IN2O2. The lowest BCUT2D eigenvalue weighted by Gasteiger charge is -2.07. The summed E-state index contributed by atoms with van der Waals surface area (Å²) in [5.74, 6) is 0.898. The number of ether oxygens (including phenoxy) is 1. The largest absolute Gasteiger partial charge is 0.457 e. The molecule has 0 radical (unpaired) electrons. The predicted molar refractivity (Wildman–Crippen MR) is 114 cm³/mol. The number of amides is 1. The van der Waals surface area contributed by atoms with Gasteiger partial charge in [0.05, 0.1) is 0 Å². The van der Waals surface area contributed by atoms with Crippen LogP contribution in [0.4, 0.5) is 5.69 Å². The Morgan fingerprint density at radius 2 is 1.70 bits per heavy atom. The second kappa shape index (κ2) is 9.01. The Hall–Kier alpha value is -3.11. The normalized spacial score (nSPS) is 10.7. The van der Waals surface area contributed by atoms with Crippen LogP contribution in [-0.4, -0.2) is 5.91 Å². The van der Waals surface area contributed by atoms with Crippen molar-refractivity contribution in [3.63, 3.8) is 0 Å². The first-order valence-electron chi connectivity index (χ1n) is 8.16. The summed E-state index contributed by atoms with van der Waals surface area (Å²) in [6.45, 7) is 0. The average Bonchev–Trinajstić information content (AvgIpc) is 2.67. The zero-order valence-corrected chi connectivity index (χ0v) is 16.4. The van der Waals surface area contributed by atoms with Gasteiger partial charge in [0.2, 0.25) is 0 Å². The topological polar surface area (TPSA) is 62.1 Å². The van der Waals surface area contributed by atoms with Crippen molar-refractivity contribution in [1.82, 2.24) is 0 Å². The van der Waals surface area contributed by atoms with E-state index in [4.69, 9.17) is 4.74 Å². The maximum Gasteiger partial charge on any atom is 0.266 e. The Bertz CT molecular complexity index is 1020. The summed E-state index contributed by atoms with van der Waals surface area (Å²) in [7, 11) is 0. The fourth-order valence-corrected chi connectivity index (χ4v) is 2.92. The van der Waals surface area contributed by atoms with Gasteiger partial charge < -0.3 is 10.1 Å². The van der Waals surface area contributed by atoms with E-state index in [0.717, 1.165) is 9.32 Å². The third kappa shape index (κ3) is 5.43. The molecule has 0 saturated heterocycles. The van der Waals surface area contributed by atoms with E-state index in [2.05, 4.69) is 27.9 Å². The van der Waals surface area contributed by atoms with E-state index in [-0.39, 0.29) is 5.57 Å². The van der Waals surface area contributed by atoms with E-state index < -0.39 is 5.91 Å². The fourth-order valence-electron chi connectivity index (χ4n) is 2.37. The molecule has 0 atom stereocenters. The van der Waals surface area contributed by atoms with Gasteiger partial charge >= 0.3 is 0 Å². The highest BCUT2D eigenvalue weighted by atomic mass is 127. The third-order valence-corrected chi connectivity index (χ3v) is 4.27. The molecule has 27 heavy (non-hydrogen) atoms. The van der Waals surface area contributed by atoms with Crippen LogP contribution in [0.2, 0.25) is 0 Å². The molecule has 0 unspecified atom stereocenters. The average molecular weight is 466 g/mol. The molecule has 1 amide bonds. The molecule has 0 aromatic heterocycles.